The van der Waals surface area contributed by atoms with Crippen molar-refractivity contribution in [2.45, 2.75) is 31.3 Å². The summed E-state index contributed by atoms with van der Waals surface area (Å²) in [5.74, 6) is -1.20. The number of hydrogen-bond acceptors (Lipinski definition) is 8. The topological polar surface area (TPSA) is 108 Å². The molecule has 2 fully saturated rings. The Balaban J connectivity index is 1.42. The van der Waals surface area contributed by atoms with Crippen LogP contribution >= 0.6 is 0 Å². The van der Waals surface area contributed by atoms with Crippen LogP contribution in [-0.4, -0.2) is 82.4 Å². The molecular weight excluding hydrogens is 565 g/mol. The van der Waals surface area contributed by atoms with Crippen LogP contribution in [0.5, 0.6) is 5.88 Å². The minimum Gasteiger partial charge on any atom is -0.477 e. The normalized spacial score (nSPS) is 18.5. The van der Waals surface area contributed by atoms with Crippen molar-refractivity contribution < 1.29 is 19.0 Å². The Bertz CT molecular complexity index is 1850. The number of nitrogens with zero attached hydrogens (tertiary/aromatic N) is 7. The summed E-state index contributed by atoms with van der Waals surface area (Å²) in [5, 5.41) is 9.98. The Morgan fingerprint density at radius 2 is 2.05 bits per heavy atom. The molecule has 0 bridgehead atoms. The molecule has 2 saturated heterocycles. The number of carbonyl (C=O) groups is 1. The average Bonchev–Trinajstić information content (AvgIpc) is 3.37. The van der Waals surface area contributed by atoms with Gasteiger partial charge in [0.05, 0.1) is 29.5 Å². The molecule has 0 radical (unpaired) electrons. The van der Waals surface area contributed by atoms with Crippen LogP contribution in [0.4, 0.5) is 21.6 Å². The summed E-state index contributed by atoms with van der Waals surface area (Å²) in [4.78, 5) is 44.2. The number of aromatic nitrogens is 3. The van der Waals surface area contributed by atoms with Gasteiger partial charge in [-0.3, -0.25) is 4.79 Å². The molecule has 2 aliphatic rings. The van der Waals surface area contributed by atoms with Crippen LogP contribution in [0.15, 0.2) is 59.8 Å². The number of rotatable bonds is 8. The van der Waals surface area contributed by atoms with Crippen LogP contribution in [0.25, 0.3) is 21.4 Å². The van der Waals surface area contributed by atoms with E-state index in [0.29, 0.717) is 29.5 Å². The number of halogens is 1. The lowest BCUT2D eigenvalue weighted by Crippen LogP contribution is -2.57. The number of hydrogen-bond donors (Lipinski definition) is 1. The van der Waals surface area contributed by atoms with Gasteiger partial charge in [0.25, 0.3) is 0 Å². The lowest BCUT2D eigenvalue weighted by molar-refractivity contribution is 0.0695. The van der Waals surface area contributed by atoms with Gasteiger partial charge >= 0.3 is 5.97 Å². The highest BCUT2D eigenvalue weighted by Crippen LogP contribution is 2.42. The Hall–Kier alpha value is -5.02. The number of pyridine rings is 3. The van der Waals surface area contributed by atoms with E-state index in [4.69, 9.17) is 11.3 Å². The van der Waals surface area contributed by atoms with Crippen molar-refractivity contribution in [2.75, 3.05) is 50.1 Å². The second kappa shape index (κ2) is 11.2. The van der Waals surface area contributed by atoms with E-state index in [2.05, 4.69) is 24.6 Å². The number of carboxylic acid groups (broad SMARTS) is 1. The first-order chi connectivity index (χ1) is 21.1. The molecule has 4 aromatic rings. The zero-order chi connectivity index (χ0) is 31.2. The first kappa shape index (κ1) is 29.1. The molecule has 3 aromatic heterocycles. The third-order valence-corrected chi connectivity index (χ3v) is 8.66. The molecule has 5 heterocycles. The van der Waals surface area contributed by atoms with Crippen LogP contribution in [0, 0.1) is 12.4 Å². The Morgan fingerprint density at radius 1 is 1.25 bits per heavy atom. The lowest BCUT2D eigenvalue weighted by atomic mass is 9.98. The summed E-state index contributed by atoms with van der Waals surface area (Å²) in [6.07, 6.45) is 5.96. The maximum Gasteiger partial charge on any atom is 0.341 e. The molecule has 226 valence electrons. The summed E-state index contributed by atoms with van der Waals surface area (Å²) in [6, 6.07) is 10.2. The predicted octanol–water partition coefficient (Wildman–Crippen LogP) is 4.36. The number of benzene rings is 1. The standard InChI is InChI=1S/C32H32FN7O4/c1-32(19-44-30-24(33)7-5-11-35-30)10-6-12-40(32)27-14-26-22(13-25(27)34-2)29(41)23(31(42)43)18-39(26)20-8-9-28(36-15-20)38-16-21(17-38)37(3)4/h5,7-9,11,13-15,18,21H,6,10,12,16-17,19H2,1,3-4H3,(H,42,43)/t32-/m1/s1. The highest BCUT2D eigenvalue weighted by atomic mass is 19.1. The van der Waals surface area contributed by atoms with Crippen molar-refractivity contribution in [1.29, 1.82) is 0 Å². The van der Waals surface area contributed by atoms with E-state index in [-0.39, 0.29) is 23.6 Å². The quantitative estimate of drug-likeness (QED) is 0.297. The molecule has 1 atom stereocenters. The van der Waals surface area contributed by atoms with Gasteiger partial charge in [0.2, 0.25) is 17.0 Å². The van der Waals surface area contributed by atoms with Gasteiger partial charge in [-0.25, -0.2) is 24.0 Å². The van der Waals surface area contributed by atoms with Gasteiger partial charge in [-0.15, -0.1) is 0 Å². The minimum absolute atomic E-state index is 0.0917. The highest BCUT2D eigenvalue weighted by molar-refractivity contribution is 5.97. The third kappa shape index (κ3) is 5.09. The maximum atomic E-state index is 14.3. The predicted molar refractivity (Wildman–Crippen MR) is 165 cm³/mol. The fourth-order valence-corrected chi connectivity index (χ4v) is 5.98. The Kier molecular flexibility index (Phi) is 7.43. The zero-order valence-electron chi connectivity index (χ0n) is 24.7. The molecule has 1 aromatic carbocycles. The van der Waals surface area contributed by atoms with Gasteiger partial charge in [-0.05, 0) is 70.3 Å². The van der Waals surface area contributed by atoms with Crippen molar-refractivity contribution in [1.82, 2.24) is 19.4 Å². The van der Waals surface area contributed by atoms with Crippen molar-refractivity contribution in [3.8, 4) is 11.6 Å². The summed E-state index contributed by atoms with van der Waals surface area (Å²) >= 11 is 0. The number of carboxylic acids is 1. The van der Waals surface area contributed by atoms with E-state index in [0.717, 1.165) is 31.7 Å². The molecule has 0 saturated carbocycles. The number of anilines is 2. The van der Waals surface area contributed by atoms with Crippen molar-refractivity contribution in [2.24, 2.45) is 0 Å². The number of likely N-dealkylation sites (N-methyl/N-ethyl adjacent to an activating group) is 1. The lowest BCUT2D eigenvalue weighted by Gasteiger charge is -2.43. The van der Waals surface area contributed by atoms with Crippen LogP contribution in [-0.2, 0) is 0 Å². The summed E-state index contributed by atoms with van der Waals surface area (Å²) < 4.78 is 21.7. The molecule has 44 heavy (non-hydrogen) atoms. The average molecular weight is 598 g/mol. The molecule has 11 nitrogen and oxygen atoms in total. The van der Waals surface area contributed by atoms with Crippen LogP contribution in [0.3, 0.4) is 0 Å². The van der Waals surface area contributed by atoms with Gasteiger partial charge in [0.1, 0.15) is 18.0 Å². The zero-order valence-corrected chi connectivity index (χ0v) is 24.7. The van der Waals surface area contributed by atoms with E-state index in [1.54, 1.807) is 16.8 Å². The summed E-state index contributed by atoms with van der Waals surface area (Å²) in [6.45, 7) is 12.4. The van der Waals surface area contributed by atoms with Gasteiger partial charge in [-0.1, -0.05) is 0 Å². The second-order valence-corrected chi connectivity index (χ2v) is 11.7. The highest BCUT2D eigenvalue weighted by Gasteiger charge is 2.39. The largest absolute Gasteiger partial charge is 0.477 e. The smallest absolute Gasteiger partial charge is 0.341 e. The summed E-state index contributed by atoms with van der Waals surface area (Å²) in [5.41, 5.74) is 0.131. The monoisotopic (exact) mass is 597 g/mol. The Labute approximate surface area is 253 Å². The van der Waals surface area contributed by atoms with Crippen LogP contribution in [0.2, 0.25) is 0 Å². The molecule has 2 aliphatic heterocycles. The third-order valence-electron chi connectivity index (χ3n) is 8.66. The Morgan fingerprint density at radius 3 is 2.70 bits per heavy atom. The summed E-state index contributed by atoms with van der Waals surface area (Å²) in [7, 11) is 4.09. The van der Waals surface area contributed by atoms with Crippen LogP contribution in [0.1, 0.15) is 30.1 Å². The number of ether oxygens (including phenoxy) is 1. The van der Waals surface area contributed by atoms with E-state index in [9.17, 15) is 19.1 Å². The fraction of sp³-hybridized carbons (Fsp3) is 0.344. The molecule has 12 heteroatoms. The number of aromatic carboxylic acids is 1. The van der Waals surface area contributed by atoms with E-state index < -0.39 is 28.3 Å². The molecular formula is C32H32FN7O4. The maximum absolute atomic E-state index is 14.3. The molecule has 0 unspecified atom stereocenters. The number of fused-ring (bicyclic) bond motifs is 1. The molecule has 6 rings (SSSR count). The molecule has 0 amide bonds. The van der Waals surface area contributed by atoms with E-state index in [1.165, 1.54) is 30.6 Å². The molecule has 0 aliphatic carbocycles. The minimum atomic E-state index is -1.36. The molecule has 0 spiro atoms. The first-order valence-corrected chi connectivity index (χ1v) is 14.3. The van der Waals surface area contributed by atoms with Gasteiger partial charge in [0, 0.05) is 49.1 Å². The van der Waals surface area contributed by atoms with Crippen LogP contribution < -0.4 is 20.0 Å². The van der Waals surface area contributed by atoms with Gasteiger partial charge in [-0.2, -0.15) is 0 Å². The fourth-order valence-electron chi connectivity index (χ4n) is 5.98. The second-order valence-electron chi connectivity index (χ2n) is 11.7. The van der Waals surface area contributed by atoms with Crippen molar-refractivity contribution in [3.05, 3.63) is 88.0 Å². The first-order valence-electron chi connectivity index (χ1n) is 14.3. The van der Waals surface area contributed by atoms with E-state index >= 15 is 0 Å². The van der Waals surface area contributed by atoms with Crippen molar-refractivity contribution >= 4 is 34.1 Å². The molecule has 1 N–H and O–H groups in total. The van der Waals surface area contributed by atoms with Gasteiger partial charge < -0.3 is 29.1 Å². The van der Waals surface area contributed by atoms with E-state index in [1.807, 2.05) is 38.1 Å². The van der Waals surface area contributed by atoms with Crippen molar-refractivity contribution in [3.63, 3.8) is 0 Å². The SMILES string of the molecule is [C-]#[N+]c1cc2c(=O)c(C(=O)O)cn(-c3ccc(N4CC(N(C)C)C4)nc3)c2cc1N1CCC[C@]1(C)COc1ncccc1F. The van der Waals surface area contributed by atoms with Gasteiger partial charge in [0.15, 0.2) is 5.82 Å².